The molecule has 168 valence electrons. The zero-order valence-electron chi connectivity index (χ0n) is 18.8. The number of esters is 1. The molecule has 0 saturated heterocycles. The van der Waals surface area contributed by atoms with Gasteiger partial charge in [-0.1, -0.05) is 48.5 Å². The van der Waals surface area contributed by atoms with Crippen LogP contribution in [0, 0.1) is 13.8 Å². The van der Waals surface area contributed by atoms with Gasteiger partial charge < -0.3 is 10.1 Å². The maximum Gasteiger partial charge on any atom is 0.339 e. The number of para-hydroxylation sites is 1. The molecule has 0 aliphatic heterocycles. The Balaban J connectivity index is 1.41. The van der Waals surface area contributed by atoms with E-state index < -0.39 is 5.97 Å². The average molecular weight is 467 g/mol. The number of fused-ring (bicyclic) bond motifs is 2. The number of hydrogen-bond acceptors (Lipinski definition) is 5. The van der Waals surface area contributed by atoms with Gasteiger partial charge in [-0.15, -0.1) is 11.3 Å². The Morgan fingerprint density at radius 1 is 0.912 bits per heavy atom. The highest BCUT2D eigenvalue weighted by molar-refractivity contribution is 7.21. The summed E-state index contributed by atoms with van der Waals surface area (Å²) >= 11 is 1.58. The molecule has 0 aliphatic carbocycles. The number of aromatic nitrogens is 1. The van der Waals surface area contributed by atoms with Gasteiger partial charge in [-0.2, -0.15) is 0 Å². The lowest BCUT2D eigenvalue weighted by atomic mass is 9.99. The van der Waals surface area contributed by atoms with Gasteiger partial charge in [-0.05, 0) is 60.7 Å². The Hall–Kier alpha value is -4.03. The van der Waals surface area contributed by atoms with Crippen molar-refractivity contribution in [2.75, 3.05) is 11.9 Å². The van der Waals surface area contributed by atoms with Gasteiger partial charge in [0.05, 0.1) is 15.8 Å². The minimum Gasteiger partial charge on any atom is -0.452 e. The van der Waals surface area contributed by atoms with Crippen molar-refractivity contribution >= 4 is 49.9 Å². The molecule has 0 spiro atoms. The number of nitrogens with zero attached hydrogens (tertiary/aromatic N) is 1. The average Bonchev–Trinajstić information content (AvgIpc) is 3.28. The summed E-state index contributed by atoms with van der Waals surface area (Å²) in [5.74, 6) is -0.933. The molecule has 5 nitrogen and oxygen atoms in total. The van der Waals surface area contributed by atoms with E-state index in [1.54, 1.807) is 17.4 Å². The van der Waals surface area contributed by atoms with Crippen LogP contribution in [0.5, 0.6) is 0 Å². The van der Waals surface area contributed by atoms with Gasteiger partial charge >= 0.3 is 5.97 Å². The number of hydrogen-bond donors (Lipinski definition) is 1. The molecule has 5 aromatic rings. The maximum absolute atomic E-state index is 13.1. The number of nitrogens with one attached hydrogen (secondary N) is 1. The molecule has 0 unspecified atom stereocenters. The Labute approximate surface area is 201 Å². The summed E-state index contributed by atoms with van der Waals surface area (Å²) < 4.78 is 6.49. The number of rotatable bonds is 5. The Morgan fingerprint density at radius 2 is 1.71 bits per heavy atom. The van der Waals surface area contributed by atoms with Gasteiger partial charge in [0.15, 0.2) is 6.61 Å². The fourth-order valence-corrected chi connectivity index (χ4v) is 4.90. The van der Waals surface area contributed by atoms with E-state index in [4.69, 9.17) is 9.72 Å². The Kier molecular flexibility index (Phi) is 5.82. The van der Waals surface area contributed by atoms with E-state index in [0.717, 1.165) is 42.7 Å². The molecule has 5 rings (SSSR count). The number of anilines is 1. The zero-order valence-corrected chi connectivity index (χ0v) is 19.6. The molecule has 1 aromatic heterocycles. The first kappa shape index (κ1) is 21.8. The smallest absolute Gasteiger partial charge is 0.339 e. The first-order valence-electron chi connectivity index (χ1n) is 10.9. The summed E-state index contributed by atoms with van der Waals surface area (Å²) in [7, 11) is 0. The molecule has 0 saturated carbocycles. The summed E-state index contributed by atoms with van der Waals surface area (Å²) in [5.41, 5.74) is 5.09. The van der Waals surface area contributed by atoms with Gasteiger partial charge in [-0.3, -0.25) is 4.79 Å². The van der Waals surface area contributed by atoms with Crippen LogP contribution in [0.4, 0.5) is 5.69 Å². The molecule has 0 bridgehead atoms. The van der Waals surface area contributed by atoms with Gasteiger partial charge in [0.25, 0.3) is 5.91 Å². The predicted molar refractivity (Wildman–Crippen MR) is 137 cm³/mol. The van der Waals surface area contributed by atoms with E-state index in [1.165, 1.54) is 0 Å². The molecular formula is C28H22N2O3S. The molecule has 1 N–H and O–H groups in total. The fourth-order valence-electron chi connectivity index (χ4n) is 3.90. The normalized spacial score (nSPS) is 11.0. The third-order valence-corrected chi connectivity index (χ3v) is 6.84. The van der Waals surface area contributed by atoms with Crippen LogP contribution in [0.2, 0.25) is 0 Å². The van der Waals surface area contributed by atoms with Crippen molar-refractivity contribution in [3.8, 4) is 10.6 Å². The monoisotopic (exact) mass is 466 g/mol. The molecule has 0 aliphatic rings. The third-order valence-electron chi connectivity index (χ3n) is 5.77. The second kappa shape index (κ2) is 9.08. The molecule has 1 amide bonds. The van der Waals surface area contributed by atoms with Gasteiger partial charge in [0, 0.05) is 16.6 Å². The van der Waals surface area contributed by atoms with Crippen molar-refractivity contribution < 1.29 is 14.3 Å². The summed E-state index contributed by atoms with van der Waals surface area (Å²) in [6, 6.07) is 25.0. The van der Waals surface area contributed by atoms with Crippen molar-refractivity contribution in [1.29, 1.82) is 0 Å². The molecular weight excluding hydrogens is 444 g/mol. The van der Waals surface area contributed by atoms with Crippen molar-refractivity contribution in [2.45, 2.75) is 13.8 Å². The fraction of sp³-hybridized carbons (Fsp3) is 0.107. The van der Waals surface area contributed by atoms with Gasteiger partial charge in [0.1, 0.15) is 5.01 Å². The summed E-state index contributed by atoms with van der Waals surface area (Å²) in [6.07, 6.45) is 0. The largest absolute Gasteiger partial charge is 0.452 e. The second-order valence-corrected chi connectivity index (χ2v) is 9.15. The van der Waals surface area contributed by atoms with Crippen molar-refractivity contribution in [3.05, 3.63) is 95.6 Å². The number of carbonyl (C=O) groups is 2. The van der Waals surface area contributed by atoms with E-state index in [9.17, 15) is 9.59 Å². The van der Waals surface area contributed by atoms with E-state index in [1.807, 2.05) is 86.6 Å². The van der Waals surface area contributed by atoms with Gasteiger partial charge in [0.2, 0.25) is 0 Å². The highest BCUT2D eigenvalue weighted by atomic mass is 32.1. The first-order valence-corrected chi connectivity index (χ1v) is 11.7. The number of aryl methyl sites for hydroxylation is 2. The maximum atomic E-state index is 13.1. The molecule has 0 atom stereocenters. The molecule has 0 radical (unpaired) electrons. The summed E-state index contributed by atoms with van der Waals surface area (Å²) in [5, 5.41) is 5.29. The Morgan fingerprint density at radius 3 is 2.50 bits per heavy atom. The van der Waals surface area contributed by atoms with E-state index in [0.29, 0.717) is 11.3 Å². The molecule has 6 heteroatoms. The lowest BCUT2D eigenvalue weighted by Gasteiger charge is -2.11. The topological polar surface area (TPSA) is 68.3 Å². The SMILES string of the molecule is Cc1ccc(NC(=O)COC(=O)c2cccc3cccc(-c4nc5ccccc5s4)c23)cc1C. The molecule has 34 heavy (non-hydrogen) atoms. The van der Waals surface area contributed by atoms with Crippen LogP contribution >= 0.6 is 11.3 Å². The van der Waals surface area contributed by atoms with Crippen LogP contribution in [0.1, 0.15) is 21.5 Å². The number of benzene rings is 4. The van der Waals surface area contributed by atoms with Gasteiger partial charge in [-0.25, -0.2) is 9.78 Å². The van der Waals surface area contributed by atoms with E-state index >= 15 is 0 Å². The Bertz CT molecular complexity index is 1520. The highest BCUT2D eigenvalue weighted by Gasteiger charge is 2.18. The van der Waals surface area contributed by atoms with Crippen LogP contribution in [-0.2, 0) is 9.53 Å². The van der Waals surface area contributed by atoms with E-state index in [-0.39, 0.29) is 12.5 Å². The van der Waals surface area contributed by atoms with Crippen LogP contribution in [0.25, 0.3) is 31.6 Å². The number of carbonyl (C=O) groups excluding carboxylic acids is 2. The van der Waals surface area contributed by atoms with Crippen molar-refractivity contribution in [2.24, 2.45) is 0 Å². The lowest BCUT2D eigenvalue weighted by molar-refractivity contribution is -0.119. The van der Waals surface area contributed by atoms with Crippen molar-refractivity contribution in [1.82, 2.24) is 4.98 Å². The highest BCUT2D eigenvalue weighted by Crippen LogP contribution is 2.36. The quantitative estimate of drug-likeness (QED) is 0.299. The van der Waals surface area contributed by atoms with Crippen LogP contribution < -0.4 is 5.32 Å². The number of ether oxygens (including phenoxy) is 1. The predicted octanol–water partition coefficient (Wildman–Crippen LogP) is 6.53. The minimum absolute atomic E-state index is 0.370. The van der Waals surface area contributed by atoms with E-state index in [2.05, 4.69) is 5.32 Å². The number of thiazole rings is 1. The summed E-state index contributed by atoms with van der Waals surface area (Å²) in [6.45, 7) is 3.62. The molecule has 4 aromatic carbocycles. The van der Waals surface area contributed by atoms with Crippen LogP contribution in [0.15, 0.2) is 78.9 Å². The number of amides is 1. The second-order valence-electron chi connectivity index (χ2n) is 8.12. The third kappa shape index (κ3) is 4.28. The molecule has 1 heterocycles. The standard InChI is InChI=1S/C28H22N2O3S/c1-17-13-14-20(15-18(17)2)29-25(31)16-33-28(32)22-10-6-8-19-7-5-9-21(26(19)22)27-30-23-11-3-4-12-24(23)34-27/h3-15H,16H2,1-2H3,(H,29,31). The zero-order chi connectivity index (χ0) is 23.7. The lowest BCUT2D eigenvalue weighted by Crippen LogP contribution is -2.21. The van der Waals surface area contributed by atoms with Crippen LogP contribution in [0.3, 0.4) is 0 Å². The van der Waals surface area contributed by atoms with Crippen LogP contribution in [-0.4, -0.2) is 23.5 Å². The van der Waals surface area contributed by atoms with Crippen molar-refractivity contribution in [3.63, 3.8) is 0 Å². The minimum atomic E-state index is -0.547. The first-order chi connectivity index (χ1) is 16.5. The summed E-state index contributed by atoms with van der Waals surface area (Å²) in [4.78, 5) is 30.2. The molecule has 0 fully saturated rings.